The normalized spacial score (nSPS) is 10.9. The summed E-state index contributed by atoms with van der Waals surface area (Å²) in [5.41, 5.74) is 3.45. The molecule has 0 radical (unpaired) electrons. The van der Waals surface area contributed by atoms with E-state index in [2.05, 4.69) is 55.8 Å². The summed E-state index contributed by atoms with van der Waals surface area (Å²) in [6, 6.07) is 18.6. The second kappa shape index (κ2) is 4.34. The highest BCUT2D eigenvalue weighted by Crippen LogP contribution is 2.21. The zero-order chi connectivity index (χ0) is 11.7. The van der Waals surface area contributed by atoms with Crippen molar-refractivity contribution >= 4 is 27.0 Å². The molecule has 84 valence electrons. The fourth-order valence-electron chi connectivity index (χ4n) is 1.96. The van der Waals surface area contributed by atoms with Crippen LogP contribution in [0.4, 0.5) is 0 Å². The molecule has 3 heteroatoms. The van der Waals surface area contributed by atoms with Crippen molar-refractivity contribution in [3.63, 3.8) is 0 Å². The Morgan fingerprint density at radius 1 is 0.941 bits per heavy atom. The van der Waals surface area contributed by atoms with E-state index in [1.807, 2.05) is 24.3 Å². The third-order valence-electron chi connectivity index (χ3n) is 2.79. The lowest BCUT2D eigenvalue weighted by Gasteiger charge is -2.05. The van der Waals surface area contributed by atoms with Gasteiger partial charge < -0.3 is 4.57 Å². The van der Waals surface area contributed by atoms with Crippen molar-refractivity contribution in [1.82, 2.24) is 9.55 Å². The Balaban J connectivity index is 2.08. The van der Waals surface area contributed by atoms with Crippen LogP contribution in [-0.2, 0) is 6.54 Å². The van der Waals surface area contributed by atoms with E-state index < -0.39 is 0 Å². The fourth-order valence-corrected chi connectivity index (χ4v) is 2.47. The number of fused-ring (bicyclic) bond motifs is 1. The summed E-state index contributed by atoms with van der Waals surface area (Å²) in [4.78, 5) is 4.49. The molecule has 3 rings (SSSR count). The second-order valence-corrected chi connectivity index (χ2v) is 4.65. The topological polar surface area (TPSA) is 17.8 Å². The first-order valence-corrected chi connectivity index (χ1v) is 6.28. The molecule has 0 unspecified atom stereocenters. The average Bonchev–Trinajstić information content (AvgIpc) is 2.68. The van der Waals surface area contributed by atoms with Crippen LogP contribution < -0.4 is 0 Å². The Morgan fingerprint density at radius 2 is 1.65 bits per heavy atom. The number of imidazole rings is 1. The van der Waals surface area contributed by atoms with Crippen LogP contribution >= 0.6 is 15.9 Å². The molecule has 0 amide bonds. The van der Waals surface area contributed by atoms with Gasteiger partial charge in [-0.15, -0.1) is 0 Å². The average molecular weight is 287 g/mol. The molecule has 1 aromatic heterocycles. The molecule has 0 saturated carbocycles. The first kappa shape index (κ1) is 10.5. The van der Waals surface area contributed by atoms with Crippen LogP contribution in [-0.4, -0.2) is 9.55 Å². The van der Waals surface area contributed by atoms with Crippen molar-refractivity contribution < 1.29 is 0 Å². The molecule has 1 heterocycles. The summed E-state index contributed by atoms with van der Waals surface area (Å²) in [6.45, 7) is 0.835. The summed E-state index contributed by atoms with van der Waals surface area (Å²) in [7, 11) is 0. The van der Waals surface area contributed by atoms with Crippen molar-refractivity contribution in [3.05, 3.63) is 64.9 Å². The Morgan fingerprint density at radius 3 is 2.47 bits per heavy atom. The molecule has 0 fully saturated rings. The quantitative estimate of drug-likeness (QED) is 0.700. The van der Waals surface area contributed by atoms with Crippen LogP contribution in [0.3, 0.4) is 0 Å². The minimum absolute atomic E-state index is 0.835. The first-order valence-electron chi connectivity index (χ1n) is 5.49. The van der Waals surface area contributed by atoms with Crippen molar-refractivity contribution in [2.75, 3.05) is 0 Å². The van der Waals surface area contributed by atoms with Gasteiger partial charge in [-0.1, -0.05) is 42.5 Å². The molecule has 17 heavy (non-hydrogen) atoms. The van der Waals surface area contributed by atoms with Crippen LogP contribution in [0.2, 0.25) is 0 Å². The summed E-state index contributed by atoms with van der Waals surface area (Å²) in [6.07, 6.45) is 0. The van der Waals surface area contributed by atoms with Gasteiger partial charge in [0.05, 0.1) is 17.6 Å². The van der Waals surface area contributed by atoms with Gasteiger partial charge in [0.15, 0.2) is 4.73 Å². The second-order valence-electron chi connectivity index (χ2n) is 3.94. The molecule has 0 spiro atoms. The van der Waals surface area contributed by atoms with Crippen LogP contribution in [0, 0.1) is 0 Å². The zero-order valence-corrected chi connectivity index (χ0v) is 10.8. The molecule has 0 atom stereocenters. The van der Waals surface area contributed by atoms with Crippen LogP contribution in [0.1, 0.15) is 5.56 Å². The Hall–Kier alpha value is -1.61. The Labute approximate surface area is 108 Å². The number of hydrogen-bond acceptors (Lipinski definition) is 1. The summed E-state index contributed by atoms with van der Waals surface area (Å²) >= 11 is 3.52. The van der Waals surface area contributed by atoms with E-state index in [4.69, 9.17) is 0 Å². The smallest absolute Gasteiger partial charge is 0.178 e. The summed E-state index contributed by atoms with van der Waals surface area (Å²) in [5.74, 6) is 0. The van der Waals surface area contributed by atoms with E-state index in [0.29, 0.717) is 0 Å². The standard InChI is InChI=1S/C14H11BrN2/c15-14-16-12-8-4-5-9-13(12)17(14)10-11-6-2-1-3-7-11/h1-9H,10H2. The highest BCUT2D eigenvalue weighted by atomic mass is 79.9. The highest BCUT2D eigenvalue weighted by molar-refractivity contribution is 9.10. The summed E-state index contributed by atoms with van der Waals surface area (Å²) < 4.78 is 3.05. The maximum atomic E-state index is 4.49. The lowest BCUT2D eigenvalue weighted by Crippen LogP contribution is -1.99. The first-order chi connectivity index (χ1) is 8.34. The molecule has 0 aliphatic rings. The van der Waals surface area contributed by atoms with E-state index in [0.717, 1.165) is 22.3 Å². The molecule has 3 aromatic rings. The Kier molecular flexibility index (Phi) is 2.69. The van der Waals surface area contributed by atoms with Crippen LogP contribution in [0.25, 0.3) is 11.0 Å². The van der Waals surface area contributed by atoms with Gasteiger partial charge in [-0.25, -0.2) is 4.98 Å². The van der Waals surface area contributed by atoms with E-state index in [1.165, 1.54) is 5.56 Å². The molecule has 2 nitrogen and oxygen atoms in total. The van der Waals surface area contributed by atoms with Gasteiger partial charge in [0.1, 0.15) is 0 Å². The maximum absolute atomic E-state index is 4.49. The minimum atomic E-state index is 0.835. The molecule has 0 bridgehead atoms. The number of halogens is 1. The molecule has 2 aromatic carbocycles. The van der Waals surface area contributed by atoms with Gasteiger partial charge in [-0.3, -0.25) is 0 Å². The van der Waals surface area contributed by atoms with E-state index in [-0.39, 0.29) is 0 Å². The van der Waals surface area contributed by atoms with Gasteiger partial charge in [0.25, 0.3) is 0 Å². The molecule has 0 saturated heterocycles. The van der Waals surface area contributed by atoms with Crippen LogP contribution in [0.5, 0.6) is 0 Å². The predicted octanol–water partition coefficient (Wildman–Crippen LogP) is 3.85. The van der Waals surface area contributed by atoms with E-state index in [1.54, 1.807) is 0 Å². The molecule has 0 aliphatic carbocycles. The number of benzene rings is 2. The SMILES string of the molecule is Brc1nc2ccccc2n1Cc1ccccc1. The zero-order valence-electron chi connectivity index (χ0n) is 9.18. The monoisotopic (exact) mass is 286 g/mol. The maximum Gasteiger partial charge on any atom is 0.178 e. The van der Waals surface area contributed by atoms with Crippen molar-refractivity contribution in [2.24, 2.45) is 0 Å². The van der Waals surface area contributed by atoms with Crippen molar-refractivity contribution in [3.8, 4) is 0 Å². The lowest BCUT2D eigenvalue weighted by molar-refractivity contribution is 0.800. The fraction of sp³-hybridized carbons (Fsp3) is 0.0714. The van der Waals surface area contributed by atoms with E-state index in [9.17, 15) is 0 Å². The lowest BCUT2D eigenvalue weighted by atomic mass is 10.2. The number of nitrogens with zero attached hydrogens (tertiary/aromatic N) is 2. The van der Waals surface area contributed by atoms with Crippen LogP contribution in [0.15, 0.2) is 59.3 Å². The van der Waals surface area contributed by atoms with Gasteiger partial charge in [0.2, 0.25) is 0 Å². The number of aromatic nitrogens is 2. The summed E-state index contributed by atoms with van der Waals surface area (Å²) in [5, 5.41) is 0. The minimum Gasteiger partial charge on any atom is -0.314 e. The van der Waals surface area contributed by atoms with Gasteiger partial charge in [-0.05, 0) is 33.6 Å². The number of para-hydroxylation sites is 2. The third kappa shape index (κ3) is 1.98. The van der Waals surface area contributed by atoms with Gasteiger partial charge >= 0.3 is 0 Å². The largest absolute Gasteiger partial charge is 0.314 e. The molecular formula is C14H11BrN2. The van der Waals surface area contributed by atoms with Gasteiger partial charge in [-0.2, -0.15) is 0 Å². The third-order valence-corrected chi connectivity index (χ3v) is 3.40. The Bertz CT molecular complexity index is 644. The van der Waals surface area contributed by atoms with Crippen molar-refractivity contribution in [1.29, 1.82) is 0 Å². The molecular weight excluding hydrogens is 276 g/mol. The van der Waals surface area contributed by atoms with Crippen molar-refractivity contribution in [2.45, 2.75) is 6.54 Å². The number of rotatable bonds is 2. The molecule has 0 N–H and O–H groups in total. The number of hydrogen-bond donors (Lipinski definition) is 0. The highest BCUT2D eigenvalue weighted by Gasteiger charge is 2.07. The van der Waals surface area contributed by atoms with Gasteiger partial charge in [0, 0.05) is 0 Å². The predicted molar refractivity (Wildman–Crippen MR) is 73.0 cm³/mol. The van der Waals surface area contributed by atoms with E-state index >= 15 is 0 Å². The molecule has 0 aliphatic heterocycles.